The Morgan fingerprint density at radius 2 is 2.00 bits per heavy atom. The van der Waals surface area contributed by atoms with E-state index in [0.717, 1.165) is 5.56 Å². The highest BCUT2D eigenvalue weighted by Gasteiger charge is 2.31. The van der Waals surface area contributed by atoms with E-state index in [1.54, 1.807) is 0 Å². The highest BCUT2D eigenvalue weighted by molar-refractivity contribution is 5.18. The van der Waals surface area contributed by atoms with E-state index in [4.69, 9.17) is 4.74 Å². The van der Waals surface area contributed by atoms with E-state index in [9.17, 15) is 5.11 Å². The molecule has 0 unspecified atom stereocenters. The second kappa shape index (κ2) is 3.48. The zero-order valence-electron chi connectivity index (χ0n) is 7.68. The molecule has 2 rings (SSSR count). The van der Waals surface area contributed by atoms with Crippen LogP contribution in [-0.4, -0.2) is 17.3 Å². The molecule has 0 aromatic heterocycles. The first-order valence-electron chi connectivity index (χ1n) is 4.66. The maximum Gasteiger partial charge on any atom is 0.0855 e. The maximum absolute atomic E-state index is 9.50. The Balaban J connectivity index is 2.12. The number of hydrogen-bond acceptors (Lipinski definition) is 2. The van der Waals surface area contributed by atoms with Crippen LogP contribution < -0.4 is 0 Å². The van der Waals surface area contributed by atoms with Crippen LogP contribution in [0.1, 0.15) is 25.0 Å². The molecule has 0 bridgehead atoms. The Morgan fingerprint density at radius 3 is 2.54 bits per heavy atom. The second-order valence-corrected chi connectivity index (χ2v) is 3.54. The van der Waals surface area contributed by atoms with E-state index in [1.807, 2.05) is 37.3 Å². The van der Waals surface area contributed by atoms with Gasteiger partial charge in [-0.15, -0.1) is 0 Å². The van der Waals surface area contributed by atoms with Gasteiger partial charge in [0, 0.05) is 6.42 Å². The molecule has 2 heteroatoms. The van der Waals surface area contributed by atoms with Crippen molar-refractivity contribution < 1.29 is 9.84 Å². The lowest BCUT2D eigenvalue weighted by Gasteiger charge is -2.10. The highest BCUT2D eigenvalue weighted by atomic mass is 16.5. The predicted molar refractivity (Wildman–Crippen MR) is 50.4 cm³/mol. The molecule has 1 aliphatic rings. The average molecular weight is 178 g/mol. The van der Waals surface area contributed by atoms with Gasteiger partial charge in [0.2, 0.25) is 0 Å². The normalized spacial score (nSPS) is 33.5. The fraction of sp³-hybridized carbons (Fsp3) is 0.455. The molecule has 70 valence electrons. The molecule has 1 N–H and O–H groups in total. The van der Waals surface area contributed by atoms with Crippen LogP contribution >= 0.6 is 0 Å². The van der Waals surface area contributed by atoms with Crippen LogP contribution in [0.2, 0.25) is 0 Å². The zero-order chi connectivity index (χ0) is 9.26. The minimum absolute atomic E-state index is 0.0368. The number of benzene rings is 1. The number of rotatable bonds is 1. The van der Waals surface area contributed by atoms with Crippen molar-refractivity contribution in [3.8, 4) is 0 Å². The van der Waals surface area contributed by atoms with E-state index < -0.39 is 0 Å². The molecular weight excluding hydrogens is 164 g/mol. The minimum atomic E-state index is -0.315. The van der Waals surface area contributed by atoms with Crippen LogP contribution in [0.3, 0.4) is 0 Å². The molecule has 2 nitrogen and oxygen atoms in total. The van der Waals surface area contributed by atoms with E-state index >= 15 is 0 Å². The molecule has 0 saturated carbocycles. The van der Waals surface area contributed by atoms with E-state index in [2.05, 4.69) is 0 Å². The summed E-state index contributed by atoms with van der Waals surface area (Å²) in [5.74, 6) is 0. The van der Waals surface area contributed by atoms with Crippen LogP contribution in [0.25, 0.3) is 0 Å². The third kappa shape index (κ3) is 1.74. The van der Waals surface area contributed by atoms with Gasteiger partial charge in [-0.25, -0.2) is 0 Å². The summed E-state index contributed by atoms with van der Waals surface area (Å²) in [5, 5.41) is 9.50. The Kier molecular flexibility index (Phi) is 2.34. The molecule has 1 aromatic carbocycles. The third-order valence-electron chi connectivity index (χ3n) is 2.55. The molecule has 1 aliphatic heterocycles. The Labute approximate surface area is 78.2 Å². The molecule has 1 saturated heterocycles. The van der Waals surface area contributed by atoms with Gasteiger partial charge in [0.05, 0.1) is 18.3 Å². The summed E-state index contributed by atoms with van der Waals surface area (Å²) >= 11 is 0. The first-order valence-corrected chi connectivity index (χ1v) is 4.66. The molecule has 3 atom stereocenters. The van der Waals surface area contributed by atoms with Crippen LogP contribution in [-0.2, 0) is 4.74 Å². The van der Waals surface area contributed by atoms with Crippen molar-refractivity contribution in [2.45, 2.75) is 31.7 Å². The standard InChI is InChI=1S/C11H14O2/c1-8-10(12)7-11(13-8)9-5-3-2-4-6-9/h2-6,8,10-12H,7H2,1H3/t8-,10+,11-/m0/s1. The Hall–Kier alpha value is -0.860. The van der Waals surface area contributed by atoms with Gasteiger partial charge in [-0.2, -0.15) is 0 Å². The summed E-state index contributed by atoms with van der Waals surface area (Å²) in [6, 6.07) is 10.0. The van der Waals surface area contributed by atoms with Crippen LogP contribution in [0, 0.1) is 0 Å². The predicted octanol–water partition coefficient (Wildman–Crippen LogP) is 1.90. The largest absolute Gasteiger partial charge is 0.390 e. The SMILES string of the molecule is C[C@@H]1O[C@H](c2ccccc2)C[C@H]1O. The van der Waals surface area contributed by atoms with Gasteiger partial charge in [0.15, 0.2) is 0 Å². The summed E-state index contributed by atoms with van der Waals surface area (Å²) in [7, 11) is 0. The highest BCUT2D eigenvalue weighted by Crippen LogP contribution is 2.32. The number of ether oxygens (including phenoxy) is 1. The summed E-state index contributed by atoms with van der Waals surface area (Å²) in [6.07, 6.45) is 0.437. The molecule has 1 aromatic rings. The van der Waals surface area contributed by atoms with Crippen molar-refractivity contribution >= 4 is 0 Å². The number of aliphatic hydroxyl groups is 1. The van der Waals surface area contributed by atoms with E-state index in [-0.39, 0.29) is 18.3 Å². The molecule has 0 spiro atoms. The van der Waals surface area contributed by atoms with Crippen molar-refractivity contribution in [3.63, 3.8) is 0 Å². The lowest BCUT2D eigenvalue weighted by Crippen LogP contribution is -2.15. The number of aliphatic hydroxyl groups excluding tert-OH is 1. The smallest absolute Gasteiger partial charge is 0.0855 e. The van der Waals surface area contributed by atoms with Crippen LogP contribution in [0.4, 0.5) is 0 Å². The van der Waals surface area contributed by atoms with Crippen molar-refractivity contribution in [2.24, 2.45) is 0 Å². The van der Waals surface area contributed by atoms with Gasteiger partial charge < -0.3 is 9.84 Å². The van der Waals surface area contributed by atoms with Gasteiger partial charge in [-0.3, -0.25) is 0 Å². The lowest BCUT2D eigenvalue weighted by molar-refractivity contribution is 0.0217. The van der Waals surface area contributed by atoms with E-state index in [0.29, 0.717) is 6.42 Å². The van der Waals surface area contributed by atoms with E-state index in [1.165, 1.54) is 0 Å². The maximum atomic E-state index is 9.50. The first kappa shape index (κ1) is 8.73. The molecular formula is C11H14O2. The fourth-order valence-electron chi connectivity index (χ4n) is 1.70. The molecule has 0 amide bonds. The zero-order valence-corrected chi connectivity index (χ0v) is 7.68. The van der Waals surface area contributed by atoms with Crippen molar-refractivity contribution in [3.05, 3.63) is 35.9 Å². The van der Waals surface area contributed by atoms with Crippen LogP contribution in [0.15, 0.2) is 30.3 Å². The summed E-state index contributed by atoms with van der Waals surface area (Å²) in [5.41, 5.74) is 1.16. The quantitative estimate of drug-likeness (QED) is 0.711. The molecule has 13 heavy (non-hydrogen) atoms. The Morgan fingerprint density at radius 1 is 1.31 bits per heavy atom. The van der Waals surface area contributed by atoms with Crippen molar-refractivity contribution in [1.82, 2.24) is 0 Å². The fourth-order valence-corrected chi connectivity index (χ4v) is 1.70. The molecule has 1 fully saturated rings. The van der Waals surface area contributed by atoms with Gasteiger partial charge in [0.25, 0.3) is 0 Å². The second-order valence-electron chi connectivity index (χ2n) is 3.54. The summed E-state index contributed by atoms with van der Waals surface area (Å²) < 4.78 is 5.61. The minimum Gasteiger partial charge on any atom is -0.390 e. The third-order valence-corrected chi connectivity index (χ3v) is 2.55. The molecule has 0 radical (unpaired) electrons. The van der Waals surface area contributed by atoms with Gasteiger partial charge in [-0.05, 0) is 12.5 Å². The number of hydrogen-bond donors (Lipinski definition) is 1. The van der Waals surface area contributed by atoms with Crippen molar-refractivity contribution in [2.75, 3.05) is 0 Å². The monoisotopic (exact) mass is 178 g/mol. The topological polar surface area (TPSA) is 29.5 Å². The first-order chi connectivity index (χ1) is 6.27. The molecule has 1 heterocycles. The van der Waals surface area contributed by atoms with Crippen molar-refractivity contribution in [1.29, 1.82) is 0 Å². The molecule has 0 aliphatic carbocycles. The van der Waals surface area contributed by atoms with Gasteiger partial charge in [0.1, 0.15) is 0 Å². The summed E-state index contributed by atoms with van der Waals surface area (Å²) in [6.45, 7) is 1.91. The van der Waals surface area contributed by atoms with Gasteiger partial charge in [-0.1, -0.05) is 30.3 Å². The summed E-state index contributed by atoms with van der Waals surface area (Å²) in [4.78, 5) is 0. The Bertz CT molecular complexity index is 261. The lowest BCUT2D eigenvalue weighted by atomic mass is 10.1. The van der Waals surface area contributed by atoms with Crippen LogP contribution in [0.5, 0.6) is 0 Å². The average Bonchev–Trinajstić information content (AvgIpc) is 2.49. The van der Waals surface area contributed by atoms with Gasteiger partial charge >= 0.3 is 0 Å².